The number of hydrogen-bond donors (Lipinski definition) is 1. The van der Waals surface area contributed by atoms with Gasteiger partial charge in [-0.2, -0.15) is 0 Å². The van der Waals surface area contributed by atoms with E-state index in [4.69, 9.17) is 4.52 Å². The number of sulfone groups is 1. The molecule has 2 rings (SSSR count). The number of amides is 1. The minimum absolute atomic E-state index is 0.0158. The van der Waals surface area contributed by atoms with Crippen LogP contribution in [0.2, 0.25) is 0 Å². The highest BCUT2D eigenvalue weighted by Crippen LogP contribution is 2.29. The summed E-state index contributed by atoms with van der Waals surface area (Å²) >= 11 is 0. The Kier molecular flexibility index (Phi) is 5.67. The highest BCUT2D eigenvalue weighted by atomic mass is 32.2. The second-order valence-corrected chi connectivity index (χ2v) is 8.57. The van der Waals surface area contributed by atoms with Crippen LogP contribution in [-0.4, -0.2) is 31.3 Å². The maximum absolute atomic E-state index is 12.7. The molecule has 1 amide bonds. The Morgan fingerprint density at radius 1 is 1.24 bits per heavy atom. The van der Waals surface area contributed by atoms with E-state index in [-0.39, 0.29) is 29.0 Å². The van der Waals surface area contributed by atoms with Gasteiger partial charge in [0.15, 0.2) is 15.6 Å². The van der Waals surface area contributed by atoms with Gasteiger partial charge >= 0.3 is 0 Å². The van der Waals surface area contributed by atoms with Crippen LogP contribution < -0.4 is 5.32 Å². The van der Waals surface area contributed by atoms with E-state index in [1.54, 1.807) is 19.1 Å². The summed E-state index contributed by atoms with van der Waals surface area (Å²) in [5.41, 5.74) is 2.95. The van der Waals surface area contributed by atoms with Crippen LogP contribution in [0.1, 0.15) is 37.1 Å². The molecule has 0 saturated carbocycles. The third-order valence-corrected chi connectivity index (χ3v) is 5.84. The number of aromatic nitrogens is 1. The molecular formula is C18H24N2O4S. The lowest BCUT2D eigenvalue weighted by atomic mass is 10.1. The second-order valence-electron chi connectivity index (χ2n) is 6.49. The second kappa shape index (κ2) is 7.39. The van der Waals surface area contributed by atoms with E-state index < -0.39 is 9.84 Å². The first kappa shape index (κ1) is 19.2. The van der Waals surface area contributed by atoms with Crippen molar-refractivity contribution in [3.8, 4) is 11.3 Å². The van der Waals surface area contributed by atoms with E-state index in [0.717, 1.165) is 11.3 Å². The van der Waals surface area contributed by atoms with E-state index in [1.807, 2.05) is 33.8 Å². The number of aryl methyl sites for hydroxylation is 2. The maximum Gasteiger partial charge on any atom is 0.221 e. The van der Waals surface area contributed by atoms with Crippen LogP contribution in [0.15, 0.2) is 27.6 Å². The third-order valence-electron chi connectivity index (χ3n) is 3.99. The summed E-state index contributed by atoms with van der Waals surface area (Å²) in [5.74, 6) is 0.0603. The first-order valence-electron chi connectivity index (χ1n) is 8.18. The monoisotopic (exact) mass is 364 g/mol. The Bertz CT molecular complexity index is 882. The molecule has 0 aliphatic heterocycles. The van der Waals surface area contributed by atoms with Gasteiger partial charge in [0.25, 0.3) is 0 Å². The van der Waals surface area contributed by atoms with Crippen molar-refractivity contribution >= 4 is 15.7 Å². The van der Waals surface area contributed by atoms with Gasteiger partial charge in [0, 0.05) is 23.6 Å². The average Bonchev–Trinajstić information content (AvgIpc) is 2.85. The predicted molar refractivity (Wildman–Crippen MR) is 96.1 cm³/mol. The van der Waals surface area contributed by atoms with Gasteiger partial charge in [-0.3, -0.25) is 4.79 Å². The van der Waals surface area contributed by atoms with Crippen molar-refractivity contribution in [2.24, 2.45) is 0 Å². The number of nitrogens with zero attached hydrogens (tertiary/aromatic N) is 1. The molecule has 0 bridgehead atoms. The topological polar surface area (TPSA) is 89.3 Å². The summed E-state index contributed by atoms with van der Waals surface area (Å²) in [6, 6.07) is 5.14. The fourth-order valence-corrected chi connectivity index (χ4v) is 4.03. The zero-order valence-corrected chi connectivity index (χ0v) is 16.0. The molecule has 7 heteroatoms. The SMILES string of the molecule is Cc1ccc(-c2onc(C)c2C)cc1S(=O)(=O)CCC(=O)NC(C)C. The van der Waals surface area contributed by atoms with Gasteiger partial charge in [-0.15, -0.1) is 0 Å². The Balaban J connectivity index is 2.30. The highest BCUT2D eigenvalue weighted by Gasteiger charge is 2.21. The van der Waals surface area contributed by atoms with Gasteiger partial charge < -0.3 is 9.84 Å². The molecule has 0 saturated heterocycles. The molecule has 0 radical (unpaired) electrons. The minimum Gasteiger partial charge on any atom is -0.356 e. The summed E-state index contributed by atoms with van der Waals surface area (Å²) in [6.07, 6.45) is -0.0649. The Morgan fingerprint density at radius 3 is 2.48 bits per heavy atom. The Labute approximate surface area is 148 Å². The van der Waals surface area contributed by atoms with E-state index in [0.29, 0.717) is 16.9 Å². The number of hydrogen-bond acceptors (Lipinski definition) is 5. The van der Waals surface area contributed by atoms with Gasteiger partial charge in [-0.25, -0.2) is 8.42 Å². The molecule has 136 valence electrons. The Hall–Kier alpha value is -2.15. The van der Waals surface area contributed by atoms with Crippen molar-refractivity contribution < 1.29 is 17.7 Å². The van der Waals surface area contributed by atoms with Gasteiger partial charge in [-0.05, 0) is 46.2 Å². The molecule has 0 fully saturated rings. The van der Waals surface area contributed by atoms with Gasteiger partial charge in [-0.1, -0.05) is 17.3 Å². The van der Waals surface area contributed by atoms with Gasteiger partial charge in [0.1, 0.15) is 0 Å². The van der Waals surface area contributed by atoms with E-state index in [2.05, 4.69) is 10.5 Å². The molecule has 0 spiro atoms. The number of rotatable bonds is 6. The summed E-state index contributed by atoms with van der Waals surface area (Å²) in [4.78, 5) is 12.0. The number of carbonyl (C=O) groups excluding carboxylic acids is 1. The first-order chi connectivity index (χ1) is 11.6. The lowest BCUT2D eigenvalue weighted by Crippen LogP contribution is -2.31. The molecule has 1 aromatic carbocycles. The van der Waals surface area contributed by atoms with Crippen LogP contribution >= 0.6 is 0 Å². The standard InChI is InChI=1S/C18H24N2O4S/c1-11(2)19-17(21)8-9-25(22,23)16-10-15(7-6-12(16)3)18-13(4)14(5)20-24-18/h6-7,10-11H,8-9H2,1-5H3,(H,19,21). The molecule has 0 aliphatic carbocycles. The predicted octanol–water partition coefficient (Wildman–Crippen LogP) is 2.96. The van der Waals surface area contributed by atoms with Crippen molar-refractivity contribution in [2.45, 2.75) is 52.0 Å². The number of nitrogens with one attached hydrogen (secondary N) is 1. The normalized spacial score (nSPS) is 11.8. The highest BCUT2D eigenvalue weighted by molar-refractivity contribution is 7.91. The van der Waals surface area contributed by atoms with E-state index in [1.165, 1.54) is 0 Å². The van der Waals surface area contributed by atoms with Crippen molar-refractivity contribution in [1.29, 1.82) is 0 Å². The summed E-state index contributed by atoms with van der Waals surface area (Å²) in [6.45, 7) is 9.12. The molecule has 1 aromatic heterocycles. The summed E-state index contributed by atoms with van der Waals surface area (Å²) < 4.78 is 30.7. The third kappa shape index (κ3) is 4.48. The molecule has 1 N–H and O–H groups in total. The van der Waals surface area contributed by atoms with E-state index >= 15 is 0 Å². The quantitative estimate of drug-likeness (QED) is 0.851. The lowest BCUT2D eigenvalue weighted by Gasteiger charge is -2.11. The van der Waals surface area contributed by atoms with Crippen LogP contribution in [0, 0.1) is 20.8 Å². The zero-order chi connectivity index (χ0) is 18.8. The van der Waals surface area contributed by atoms with Crippen LogP contribution in [0.5, 0.6) is 0 Å². The van der Waals surface area contributed by atoms with E-state index in [9.17, 15) is 13.2 Å². The lowest BCUT2D eigenvalue weighted by molar-refractivity contribution is -0.121. The smallest absolute Gasteiger partial charge is 0.221 e. The van der Waals surface area contributed by atoms with Gasteiger partial charge in [0.05, 0.1) is 16.3 Å². The molecule has 2 aromatic rings. The molecule has 1 heterocycles. The van der Waals surface area contributed by atoms with Crippen molar-refractivity contribution in [1.82, 2.24) is 10.5 Å². The first-order valence-corrected chi connectivity index (χ1v) is 9.83. The molecule has 6 nitrogen and oxygen atoms in total. The zero-order valence-electron chi connectivity index (χ0n) is 15.2. The minimum atomic E-state index is -3.58. The average molecular weight is 364 g/mol. The molecule has 25 heavy (non-hydrogen) atoms. The van der Waals surface area contributed by atoms with Crippen LogP contribution in [0.3, 0.4) is 0 Å². The fourth-order valence-electron chi connectivity index (χ4n) is 2.49. The van der Waals surface area contributed by atoms with Gasteiger partial charge in [0.2, 0.25) is 5.91 Å². The van der Waals surface area contributed by atoms with Crippen LogP contribution in [-0.2, 0) is 14.6 Å². The number of benzene rings is 1. The van der Waals surface area contributed by atoms with Crippen molar-refractivity contribution in [3.63, 3.8) is 0 Å². The maximum atomic E-state index is 12.7. The summed E-state index contributed by atoms with van der Waals surface area (Å²) in [5, 5.41) is 6.62. The molecular weight excluding hydrogens is 340 g/mol. The Morgan fingerprint density at radius 2 is 1.92 bits per heavy atom. The largest absolute Gasteiger partial charge is 0.356 e. The fraction of sp³-hybridized carbons (Fsp3) is 0.444. The molecule has 0 atom stereocenters. The van der Waals surface area contributed by atoms with Crippen molar-refractivity contribution in [3.05, 3.63) is 35.0 Å². The number of carbonyl (C=O) groups is 1. The molecule has 0 unspecified atom stereocenters. The van der Waals surface area contributed by atoms with Crippen LogP contribution in [0.4, 0.5) is 0 Å². The summed E-state index contributed by atoms with van der Waals surface area (Å²) in [7, 11) is -3.58. The molecule has 0 aliphatic rings. The van der Waals surface area contributed by atoms with Crippen LogP contribution in [0.25, 0.3) is 11.3 Å². The van der Waals surface area contributed by atoms with Crippen molar-refractivity contribution in [2.75, 3.05) is 5.75 Å².